The Morgan fingerprint density at radius 3 is 2.05 bits per heavy atom. The third-order valence-electron chi connectivity index (χ3n) is 3.46. The molecule has 2 rings (SSSR count). The summed E-state index contributed by atoms with van der Waals surface area (Å²) < 4.78 is 0. The molecule has 1 aromatic heterocycles. The van der Waals surface area contributed by atoms with Crippen LogP contribution in [0.5, 0.6) is 0 Å². The summed E-state index contributed by atoms with van der Waals surface area (Å²) >= 11 is 0. The number of hydrogen-bond acceptors (Lipinski definition) is 2. The summed E-state index contributed by atoms with van der Waals surface area (Å²) in [5.74, 6) is 0.548. The van der Waals surface area contributed by atoms with E-state index in [1.54, 1.807) is 0 Å². The number of nitrogens with zero attached hydrogens (tertiary/aromatic N) is 1. The predicted molar refractivity (Wildman–Crippen MR) is 79.8 cm³/mol. The van der Waals surface area contributed by atoms with Crippen molar-refractivity contribution in [3.8, 4) is 0 Å². The van der Waals surface area contributed by atoms with Crippen LogP contribution in [-0.2, 0) is 0 Å². The first kappa shape index (κ1) is 13.8. The lowest BCUT2D eigenvalue weighted by atomic mass is 9.94. The molecule has 1 aromatic carbocycles. The van der Waals surface area contributed by atoms with E-state index in [0.717, 1.165) is 0 Å². The molecule has 2 nitrogen and oxygen atoms in total. The molecule has 0 amide bonds. The smallest absolute Gasteiger partial charge is 0.0348 e. The van der Waals surface area contributed by atoms with Gasteiger partial charge in [0.25, 0.3) is 0 Å². The normalized spacial score (nSPS) is 14.3. The standard InChI is InChI=1S/C17H22N2/c1-13(2)17(16-7-5-4-6-8-16)19-14(3)15-9-11-18-12-10-15/h4-14,17,19H,1-3H3/t14-,17?/m0/s1. The van der Waals surface area contributed by atoms with Gasteiger partial charge in [-0.2, -0.15) is 0 Å². The molecule has 0 aliphatic carbocycles. The topological polar surface area (TPSA) is 24.9 Å². The van der Waals surface area contributed by atoms with Gasteiger partial charge in [0, 0.05) is 24.5 Å². The fourth-order valence-corrected chi connectivity index (χ4v) is 2.35. The van der Waals surface area contributed by atoms with Gasteiger partial charge in [0.15, 0.2) is 0 Å². The van der Waals surface area contributed by atoms with Crippen molar-refractivity contribution >= 4 is 0 Å². The van der Waals surface area contributed by atoms with Crippen LogP contribution in [-0.4, -0.2) is 4.98 Å². The largest absolute Gasteiger partial charge is 0.303 e. The predicted octanol–water partition coefficient (Wildman–Crippen LogP) is 4.13. The molecular weight excluding hydrogens is 232 g/mol. The van der Waals surface area contributed by atoms with Gasteiger partial charge in [0.1, 0.15) is 0 Å². The Bertz CT molecular complexity index is 479. The third kappa shape index (κ3) is 3.65. The monoisotopic (exact) mass is 254 g/mol. The molecular formula is C17H22N2. The SMILES string of the molecule is CC(C)C(N[C@@H](C)c1ccncc1)c1ccccc1. The van der Waals surface area contributed by atoms with Crippen molar-refractivity contribution in [2.24, 2.45) is 5.92 Å². The van der Waals surface area contributed by atoms with Crippen LogP contribution in [0.2, 0.25) is 0 Å². The van der Waals surface area contributed by atoms with Crippen LogP contribution in [0.4, 0.5) is 0 Å². The number of hydrogen-bond donors (Lipinski definition) is 1. The number of pyridine rings is 1. The quantitative estimate of drug-likeness (QED) is 0.867. The highest BCUT2D eigenvalue weighted by atomic mass is 15.0. The van der Waals surface area contributed by atoms with Gasteiger partial charge in [0.05, 0.1) is 0 Å². The molecule has 1 heterocycles. The molecule has 0 saturated carbocycles. The second-order valence-electron chi connectivity index (χ2n) is 5.30. The molecule has 19 heavy (non-hydrogen) atoms. The third-order valence-corrected chi connectivity index (χ3v) is 3.46. The summed E-state index contributed by atoms with van der Waals surface area (Å²) in [6, 6.07) is 15.5. The van der Waals surface area contributed by atoms with Crippen LogP contribution in [0.1, 0.15) is 44.0 Å². The lowest BCUT2D eigenvalue weighted by molar-refractivity contribution is 0.374. The van der Waals surface area contributed by atoms with Crippen molar-refractivity contribution in [3.05, 3.63) is 66.0 Å². The van der Waals surface area contributed by atoms with Crippen molar-refractivity contribution in [2.75, 3.05) is 0 Å². The summed E-state index contributed by atoms with van der Waals surface area (Å²) in [5, 5.41) is 3.72. The zero-order valence-electron chi connectivity index (χ0n) is 11.9. The summed E-state index contributed by atoms with van der Waals surface area (Å²) in [4.78, 5) is 4.07. The van der Waals surface area contributed by atoms with Gasteiger partial charge in [0.2, 0.25) is 0 Å². The van der Waals surface area contributed by atoms with E-state index >= 15 is 0 Å². The maximum atomic E-state index is 4.07. The van der Waals surface area contributed by atoms with Crippen molar-refractivity contribution in [1.82, 2.24) is 10.3 Å². The molecule has 0 bridgehead atoms. The first-order valence-corrected chi connectivity index (χ1v) is 6.89. The number of rotatable bonds is 5. The van der Waals surface area contributed by atoms with E-state index in [-0.39, 0.29) is 0 Å². The van der Waals surface area contributed by atoms with E-state index in [1.165, 1.54) is 11.1 Å². The Morgan fingerprint density at radius 1 is 0.842 bits per heavy atom. The van der Waals surface area contributed by atoms with Crippen molar-refractivity contribution in [3.63, 3.8) is 0 Å². The van der Waals surface area contributed by atoms with Gasteiger partial charge in [-0.1, -0.05) is 44.2 Å². The second-order valence-corrected chi connectivity index (χ2v) is 5.30. The highest BCUT2D eigenvalue weighted by Crippen LogP contribution is 2.25. The van der Waals surface area contributed by atoms with Crippen LogP contribution < -0.4 is 5.32 Å². The van der Waals surface area contributed by atoms with Gasteiger partial charge in [-0.05, 0) is 36.1 Å². The summed E-state index contributed by atoms with van der Waals surface area (Å²) in [7, 11) is 0. The van der Waals surface area contributed by atoms with E-state index in [2.05, 4.69) is 73.5 Å². The maximum Gasteiger partial charge on any atom is 0.0348 e. The lowest BCUT2D eigenvalue weighted by Crippen LogP contribution is -2.28. The van der Waals surface area contributed by atoms with E-state index in [0.29, 0.717) is 18.0 Å². The van der Waals surface area contributed by atoms with Crippen LogP contribution in [0, 0.1) is 5.92 Å². The Kier molecular flexibility index (Phi) is 4.69. The Labute approximate surface area is 115 Å². The average Bonchev–Trinajstić information content (AvgIpc) is 2.46. The molecule has 2 heteroatoms. The van der Waals surface area contributed by atoms with Crippen molar-refractivity contribution in [1.29, 1.82) is 0 Å². The van der Waals surface area contributed by atoms with E-state index in [9.17, 15) is 0 Å². The maximum absolute atomic E-state index is 4.07. The number of nitrogens with one attached hydrogen (secondary N) is 1. The molecule has 0 spiro atoms. The Hall–Kier alpha value is -1.67. The lowest BCUT2D eigenvalue weighted by Gasteiger charge is -2.27. The minimum atomic E-state index is 0.315. The molecule has 1 unspecified atom stereocenters. The van der Waals surface area contributed by atoms with Gasteiger partial charge >= 0.3 is 0 Å². The van der Waals surface area contributed by atoms with E-state index in [1.807, 2.05) is 12.4 Å². The highest BCUT2D eigenvalue weighted by Gasteiger charge is 2.18. The van der Waals surface area contributed by atoms with Crippen molar-refractivity contribution in [2.45, 2.75) is 32.9 Å². The highest BCUT2D eigenvalue weighted by molar-refractivity contribution is 5.21. The van der Waals surface area contributed by atoms with E-state index in [4.69, 9.17) is 0 Å². The second kappa shape index (κ2) is 6.48. The van der Waals surface area contributed by atoms with Gasteiger partial charge in [-0.15, -0.1) is 0 Å². The first-order chi connectivity index (χ1) is 9.18. The molecule has 0 saturated heterocycles. The van der Waals surface area contributed by atoms with Gasteiger partial charge < -0.3 is 5.32 Å². The minimum absolute atomic E-state index is 0.315. The molecule has 0 radical (unpaired) electrons. The molecule has 100 valence electrons. The fraction of sp³-hybridized carbons (Fsp3) is 0.353. The fourth-order valence-electron chi connectivity index (χ4n) is 2.35. The summed E-state index contributed by atoms with van der Waals surface area (Å²) in [6.07, 6.45) is 3.70. The van der Waals surface area contributed by atoms with Crippen LogP contribution >= 0.6 is 0 Å². The minimum Gasteiger partial charge on any atom is -0.303 e. The van der Waals surface area contributed by atoms with Crippen molar-refractivity contribution < 1.29 is 0 Å². The Morgan fingerprint density at radius 2 is 1.47 bits per heavy atom. The zero-order chi connectivity index (χ0) is 13.7. The molecule has 1 N–H and O–H groups in total. The molecule has 0 fully saturated rings. The molecule has 0 aliphatic rings. The first-order valence-electron chi connectivity index (χ1n) is 6.89. The van der Waals surface area contributed by atoms with Crippen LogP contribution in [0.15, 0.2) is 54.9 Å². The molecule has 2 aromatic rings. The van der Waals surface area contributed by atoms with Gasteiger partial charge in [-0.25, -0.2) is 0 Å². The number of benzene rings is 1. The Balaban J connectivity index is 2.14. The summed E-state index contributed by atoms with van der Waals surface area (Å²) in [5.41, 5.74) is 2.62. The van der Waals surface area contributed by atoms with Crippen LogP contribution in [0.3, 0.4) is 0 Å². The van der Waals surface area contributed by atoms with Gasteiger partial charge in [-0.3, -0.25) is 4.98 Å². The van der Waals surface area contributed by atoms with E-state index < -0.39 is 0 Å². The number of aromatic nitrogens is 1. The molecule has 0 aliphatic heterocycles. The summed E-state index contributed by atoms with van der Waals surface area (Å²) in [6.45, 7) is 6.71. The average molecular weight is 254 g/mol. The molecule has 2 atom stereocenters. The van der Waals surface area contributed by atoms with Crippen LogP contribution in [0.25, 0.3) is 0 Å². The zero-order valence-corrected chi connectivity index (χ0v) is 11.9.